The van der Waals surface area contributed by atoms with Gasteiger partial charge in [-0.15, -0.1) is 0 Å². The van der Waals surface area contributed by atoms with Crippen LogP contribution in [0.5, 0.6) is 0 Å². The van der Waals surface area contributed by atoms with E-state index in [1.54, 1.807) is 6.08 Å². The predicted octanol–water partition coefficient (Wildman–Crippen LogP) is 3.74. The van der Waals surface area contributed by atoms with E-state index in [1.807, 2.05) is 6.08 Å². The molecule has 3 aromatic carbocycles. The van der Waals surface area contributed by atoms with Gasteiger partial charge in [0, 0.05) is 0 Å². The molecule has 0 fully saturated rings. The van der Waals surface area contributed by atoms with Crippen molar-refractivity contribution >= 4 is 29.5 Å². The summed E-state index contributed by atoms with van der Waals surface area (Å²) in [5, 5.41) is 3.99. The van der Waals surface area contributed by atoms with Gasteiger partial charge in [-0.3, -0.25) is 4.79 Å². The highest BCUT2D eigenvalue weighted by Gasteiger charge is 2.43. The van der Waals surface area contributed by atoms with Crippen molar-refractivity contribution in [3.63, 3.8) is 0 Å². The maximum atomic E-state index is 10.8. The van der Waals surface area contributed by atoms with Gasteiger partial charge in [0.2, 0.25) is 0 Å². The highest BCUT2D eigenvalue weighted by Crippen LogP contribution is 2.55. The van der Waals surface area contributed by atoms with Gasteiger partial charge in [0.25, 0.3) is 0 Å². The predicted molar refractivity (Wildman–Crippen MR) is 105 cm³/mol. The Labute approximate surface area is 144 Å². The second-order valence-corrected chi connectivity index (χ2v) is 9.10. The third-order valence-electron chi connectivity index (χ3n) is 4.18. The lowest BCUT2D eigenvalue weighted by Crippen LogP contribution is -2.32. The van der Waals surface area contributed by atoms with E-state index in [1.165, 1.54) is 15.9 Å². The number of rotatable bonds is 6. The third kappa shape index (κ3) is 3.22. The van der Waals surface area contributed by atoms with Crippen LogP contribution < -0.4 is 15.9 Å². The Morgan fingerprint density at radius 1 is 0.625 bits per heavy atom. The second kappa shape index (κ2) is 7.86. The summed E-state index contributed by atoms with van der Waals surface area (Å²) in [7, 11) is -1.83. The summed E-state index contributed by atoms with van der Waals surface area (Å²) in [4.78, 5) is 10.8. The standard InChI is InChI=1S/C22H20OP/c23-18-10-11-19-24(20-12-4-1-5-13-20,21-14-6-2-7-15-21)22-16-8-3-9-17-22/h1-18H,19H2/q+1. The van der Waals surface area contributed by atoms with Crippen LogP contribution in [0.25, 0.3) is 0 Å². The van der Waals surface area contributed by atoms with E-state index in [4.69, 9.17) is 0 Å². The SMILES string of the molecule is O=CC=CC[P+](c1ccccc1)(c1ccccc1)c1ccccc1. The molecular formula is C22H20OP+. The fourth-order valence-electron chi connectivity index (χ4n) is 3.09. The van der Waals surface area contributed by atoms with Crippen LogP contribution in [0, 0.1) is 0 Å². The van der Waals surface area contributed by atoms with E-state index in [0.29, 0.717) is 0 Å². The van der Waals surface area contributed by atoms with Crippen molar-refractivity contribution < 1.29 is 4.79 Å². The number of hydrogen-bond acceptors (Lipinski definition) is 1. The monoisotopic (exact) mass is 331 g/mol. The van der Waals surface area contributed by atoms with Crippen LogP contribution in [0.3, 0.4) is 0 Å². The van der Waals surface area contributed by atoms with Crippen molar-refractivity contribution in [3.05, 3.63) is 103 Å². The Morgan fingerprint density at radius 2 is 1.00 bits per heavy atom. The lowest BCUT2D eigenvalue weighted by Gasteiger charge is -2.26. The molecule has 0 amide bonds. The highest BCUT2D eigenvalue weighted by atomic mass is 31.2. The fourth-order valence-corrected chi connectivity index (χ4v) is 7.09. The summed E-state index contributed by atoms with van der Waals surface area (Å²) < 4.78 is 0. The highest BCUT2D eigenvalue weighted by molar-refractivity contribution is 7.95. The van der Waals surface area contributed by atoms with Crippen LogP contribution in [0.2, 0.25) is 0 Å². The zero-order chi connectivity index (χ0) is 16.7. The fraction of sp³-hybridized carbons (Fsp3) is 0.0455. The first-order chi connectivity index (χ1) is 11.9. The molecule has 3 aromatic rings. The van der Waals surface area contributed by atoms with Gasteiger partial charge in [0.1, 0.15) is 29.5 Å². The molecular weight excluding hydrogens is 311 g/mol. The molecule has 0 aliphatic heterocycles. The topological polar surface area (TPSA) is 17.1 Å². The maximum absolute atomic E-state index is 10.8. The minimum Gasteiger partial charge on any atom is -0.299 e. The third-order valence-corrected chi connectivity index (χ3v) is 8.48. The molecule has 3 rings (SSSR count). The summed E-state index contributed by atoms with van der Waals surface area (Å²) in [5.74, 6) is 0. The number of carbonyl (C=O) groups is 1. The van der Waals surface area contributed by atoms with Gasteiger partial charge in [-0.05, 0) is 48.6 Å². The van der Waals surface area contributed by atoms with Crippen molar-refractivity contribution in [2.24, 2.45) is 0 Å². The zero-order valence-corrected chi connectivity index (χ0v) is 14.3. The zero-order valence-electron chi connectivity index (χ0n) is 13.5. The van der Waals surface area contributed by atoms with Crippen molar-refractivity contribution in [2.45, 2.75) is 0 Å². The Hall–Kier alpha value is -2.50. The van der Waals surface area contributed by atoms with E-state index in [0.717, 1.165) is 12.4 Å². The Kier molecular flexibility index (Phi) is 5.36. The summed E-state index contributed by atoms with van der Waals surface area (Å²) >= 11 is 0. The molecule has 0 saturated heterocycles. The van der Waals surface area contributed by atoms with Gasteiger partial charge in [0.15, 0.2) is 0 Å². The first kappa shape index (κ1) is 16.4. The molecule has 0 unspecified atom stereocenters. The lowest BCUT2D eigenvalue weighted by atomic mass is 10.4. The first-order valence-electron chi connectivity index (χ1n) is 8.03. The molecule has 0 spiro atoms. The molecule has 118 valence electrons. The normalized spacial score (nSPS) is 11.5. The van der Waals surface area contributed by atoms with Crippen molar-refractivity contribution in [2.75, 3.05) is 6.16 Å². The molecule has 2 heteroatoms. The molecule has 0 bridgehead atoms. The molecule has 0 aliphatic carbocycles. The Morgan fingerprint density at radius 3 is 1.33 bits per heavy atom. The van der Waals surface area contributed by atoms with E-state index in [9.17, 15) is 4.79 Å². The molecule has 0 atom stereocenters. The van der Waals surface area contributed by atoms with E-state index >= 15 is 0 Å². The average Bonchev–Trinajstić information content (AvgIpc) is 2.68. The maximum Gasteiger partial charge on any atom is 0.142 e. The van der Waals surface area contributed by atoms with Crippen LogP contribution in [0.1, 0.15) is 0 Å². The number of hydrogen-bond donors (Lipinski definition) is 0. The van der Waals surface area contributed by atoms with Gasteiger partial charge in [-0.1, -0.05) is 54.6 Å². The number of aldehydes is 1. The van der Waals surface area contributed by atoms with Crippen molar-refractivity contribution in [3.8, 4) is 0 Å². The minimum atomic E-state index is -1.83. The summed E-state index contributed by atoms with van der Waals surface area (Å²) in [6.45, 7) is 0. The smallest absolute Gasteiger partial charge is 0.142 e. The summed E-state index contributed by atoms with van der Waals surface area (Å²) in [6, 6.07) is 32.0. The summed E-state index contributed by atoms with van der Waals surface area (Å²) in [5.41, 5.74) is 0. The number of allylic oxidation sites excluding steroid dienone is 2. The first-order valence-corrected chi connectivity index (χ1v) is 10.0. The number of carbonyl (C=O) groups excluding carboxylic acids is 1. The Bertz CT molecular complexity index is 698. The van der Waals surface area contributed by atoms with Crippen molar-refractivity contribution in [1.82, 2.24) is 0 Å². The van der Waals surface area contributed by atoms with E-state index in [-0.39, 0.29) is 0 Å². The van der Waals surface area contributed by atoms with Crippen LogP contribution in [-0.2, 0) is 4.79 Å². The van der Waals surface area contributed by atoms with Gasteiger partial charge < -0.3 is 0 Å². The second-order valence-electron chi connectivity index (χ2n) is 5.56. The van der Waals surface area contributed by atoms with Gasteiger partial charge >= 0.3 is 0 Å². The van der Waals surface area contributed by atoms with Crippen LogP contribution >= 0.6 is 7.26 Å². The number of benzene rings is 3. The average molecular weight is 331 g/mol. The molecule has 0 radical (unpaired) electrons. The molecule has 1 nitrogen and oxygen atoms in total. The van der Waals surface area contributed by atoms with E-state index < -0.39 is 7.26 Å². The van der Waals surface area contributed by atoms with Crippen LogP contribution in [-0.4, -0.2) is 12.4 Å². The molecule has 0 aliphatic rings. The van der Waals surface area contributed by atoms with Gasteiger partial charge in [0.05, 0.1) is 6.16 Å². The van der Waals surface area contributed by atoms with Crippen LogP contribution in [0.4, 0.5) is 0 Å². The van der Waals surface area contributed by atoms with Crippen molar-refractivity contribution in [1.29, 1.82) is 0 Å². The summed E-state index contributed by atoms with van der Waals surface area (Å²) in [6.07, 6.45) is 5.32. The Balaban J connectivity index is 2.28. The molecule has 0 saturated carbocycles. The molecule has 0 aromatic heterocycles. The minimum absolute atomic E-state index is 0.837. The molecule has 0 heterocycles. The largest absolute Gasteiger partial charge is 0.299 e. The quantitative estimate of drug-likeness (QED) is 0.382. The van der Waals surface area contributed by atoms with Gasteiger partial charge in [-0.2, -0.15) is 0 Å². The molecule has 0 N–H and O–H groups in total. The van der Waals surface area contributed by atoms with E-state index in [2.05, 4.69) is 91.0 Å². The molecule has 24 heavy (non-hydrogen) atoms. The van der Waals surface area contributed by atoms with Gasteiger partial charge in [-0.25, -0.2) is 0 Å². The van der Waals surface area contributed by atoms with Crippen LogP contribution in [0.15, 0.2) is 103 Å². The lowest BCUT2D eigenvalue weighted by molar-refractivity contribution is -0.104.